The van der Waals surface area contributed by atoms with Gasteiger partial charge in [-0.25, -0.2) is 9.97 Å². The van der Waals surface area contributed by atoms with Crippen LogP contribution in [0.25, 0.3) is 11.0 Å². The SMILES string of the molecule is NC(=O)c1cccc(C#CCNCC2CCC(n3ccc4c(Cl)ncnc43)C2)c1. The number of halogens is 1. The van der Waals surface area contributed by atoms with Crippen LogP contribution in [0.3, 0.4) is 0 Å². The molecule has 0 aliphatic heterocycles. The number of aromatic nitrogens is 3. The minimum Gasteiger partial charge on any atom is -0.366 e. The summed E-state index contributed by atoms with van der Waals surface area (Å²) in [6, 6.07) is 9.50. The van der Waals surface area contributed by atoms with E-state index in [0.717, 1.165) is 36.0 Å². The Morgan fingerprint density at radius 3 is 3.07 bits per heavy atom. The first-order valence-corrected chi connectivity index (χ1v) is 10.1. The van der Waals surface area contributed by atoms with Gasteiger partial charge in [0.25, 0.3) is 0 Å². The van der Waals surface area contributed by atoms with Gasteiger partial charge in [-0.15, -0.1) is 0 Å². The van der Waals surface area contributed by atoms with Crippen LogP contribution in [0.5, 0.6) is 0 Å². The largest absolute Gasteiger partial charge is 0.366 e. The van der Waals surface area contributed by atoms with Crippen LogP contribution in [0.4, 0.5) is 0 Å². The van der Waals surface area contributed by atoms with Crippen molar-refractivity contribution in [3.05, 3.63) is 59.1 Å². The van der Waals surface area contributed by atoms with Crippen molar-refractivity contribution in [1.82, 2.24) is 19.9 Å². The van der Waals surface area contributed by atoms with E-state index in [1.807, 2.05) is 12.1 Å². The summed E-state index contributed by atoms with van der Waals surface area (Å²) in [6.45, 7) is 1.54. The van der Waals surface area contributed by atoms with E-state index < -0.39 is 5.91 Å². The Bertz CT molecular complexity index is 1100. The number of nitrogens with one attached hydrogen (secondary N) is 1. The van der Waals surface area contributed by atoms with Gasteiger partial charge in [-0.05, 0) is 56.0 Å². The van der Waals surface area contributed by atoms with E-state index >= 15 is 0 Å². The monoisotopic (exact) mass is 407 g/mol. The van der Waals surface area contributed by atoms with Gasteiger partial charge in [0.15, 0.2) is 0 Å². The zero-order valence-corrected chi connectivity index (χ0v) is 16.7. The number of nitrogens with two attached hydrogens (primary N) is 1. The molecule has 3 aromatic rings. The van der Waals surface area contributed by atoms with Gasteiger partial charge in [0.1, 0.15) is 17.1 Å². The average molecular weight is 408 g/mol. The van der Waals surface area contributed by atoms with Crippen molar-refractivity contribution in [1.29, 1.82) is 0 Å². The lowest BCUT2D eigenvalue weighted by Crippen LogP contribution is -2.22. The normalized spacial score (nSPS) is 18.5. The van der Waals surface area contributed by atoms with E-state index in [9.17, 15) is 4.79 Å². The molecule has 1 fully saturated rings. The summed E-state index contributed by atoms with van der Waals surface area (Å²) in [6.07, 6.45) is 6.99. The highest BCUT2D eigenvalue weighted by Crippen LogP contribution is 2.36. The molecule has 0 bridgehead atoms. The summed E-state index contributed by atoms with van der Waals surface area (Å²) < 4.78 is 2.23. The quantitative estimate of drug-likeness (QED) is 0.386. The molecule has 0 radical (unpaired) electrons. The maximum Gasteiger partial charge on any atom is 0.248 e. The molecule has 3 N–H and O–H groups in total. The van der Waals surface area contributed by atoms with Crippen molar-refractivity contribution < 1.29 is 4.79 Å². The summed E-state index contributed by atoms with van der Waals surface area (Å²) in [5.41, 5.74) is 7.48. The number of hydrogen-bond acceptors (Lipinski definition) is 4. The summed E-state index contributed by atoms with van der Waals surface area (Å²) in [4.78, 5) is 19.7. The molecule has 1 aliphatic carbocycles. The summed E-state index contributed by atoms with van der Waals surface area (Å²) in [5, 5.41) is 4.84. The molecule has 2 heterocycles. The number of benzene rings is 1. The van der Waals surface area contributed by atoms with Crippen molar-refractivity contribution in [2.24, 2.45) is 11.7 Å². The second-order valence-corrected chi connectivity index (χ2v) is 7.69. The lowest BCUT2D eigenvalue weighted by atomic mass is 10.1. The van der Waals surface area contributed by atoms with Crippen LogP contribution >= 0.6 is 11.6 Å². The van der Waals surface area contributed by atoms with Gasteiger partial charge in [0.2, 0.25) is 5.91 Å². The average Bonchev–Trinajstić information content (AvgIpc) is 3.35. The second-order valence-electron chi connectivity index (χ2n) is 7.34. The van der Waals surface area contributed by atoms with Crippen LogP contribution in [0, 0.1) is 17.8 Å². The fourth-order valence-electron chi connectivity index (χ4n) is 3.96. The molecule has 2 aromatic heterocycles. The predicted octanol–water partition coefficient (Wildman–Crippen LogP) is 3.17. The zero-order chi connectivity index (χ0) is 20.2. The number of carbonyl (C=O) groups excluding carboxylic acids is 1. The Morgan fingerprint density at radius 2 is 2.21 bits per heavy atom. The van der Waals surface area contributed by atoms with Gasteiger partial charge in [0.05, 0.1) is 11.9 Å². The number of amides is 1. The van der Waals surface area contributed by atoms with Crippen molar-refractivity contribution >= 4 is 28.5 Å². The molecule has 4 rings (SSSR count). The van der Waals surface area contributed by atoms with Gasteiger partial charge in [-0.3, -0.25) is 4.79 Å². The molecule has 1 aliphatic rings. The standard InChI is InChI=1S/C22H22ClN5O/c23-20-19-8-10-28(22(19)27-14-26-20)18-7-6-16(12-18)13-25-9-2-4-15-3-1-5-17(11-15)21(24)29/h1,3,5,8,10-11,14,16,18,25H,6-7,9,12-13H2,(H2,24,29). The fourth-order valence-corrected chi connectivity index (χ4v) is 4.15. The molecule has 2 atom stereocenters. The molecular formula is C22H22ClN5O. The summed E-state index contributed by atoms with van der Waals surface area (Å²) >= 11 is 6.16. The highest BCUT2D eigenvalue weighted by molar-refractivity contribution is 6.33. The number of fused-ring (bicyclic) bond motifs is 1. The molecule has 29 heavy (non-hydrogen) atoms. The molecule has 1 amide bonds. The Kier molecular flexibility index (Phi) is 5.79. The number of hydrogen-bond donors (Lipinski definition) is 2. The van der Waals surface area contributed by atoms with Gasteiger partial charge >= 0.3 is 0 Å². The van der Waals surface area contributed by atoms with E-state index in [0.29, 0.717) is 29.2 Å². The highest BCUT2D eigenvalue weighted by atomic mass is 35.5. The van der Waals surface area contributed by atoms with Crippen LogP contribution in [0.1, 0.15) is 41.2 Å². The first kappa shape index (κ1) is 19.4. The highest BCUT2D eigenvalue weighted by Gasteiger charge is 2.26. The van der Waals surface area contributed by atoms with E-state index in [1.165, 1.54) is 12.7 Å². The maximum atomic E-state index is 11.2. The minimum atomic E-state index is -0.438. The fraction of sp³-hybridized carbons (Fsp3) is 0.318. The van der Waals surface area contributed by atoms with E-state index in [2.05, 4.69) is 37.9 Å². The Morgan fingerprint density at radius 1 is 1.31 bits per heavy atom. The van der Waals surface area contributed by atoms with Crippen LogP contribution < -0.4 is 11.1 Å². The third-order valence-electron chi connectivity index (χ3n) is 5.39. The van der Waals surface area contributed by atoms with Crippen LogP contribution in [0.2, 0.25) is 5.15 Å². The van der Waals surface area contributed by atoms with Gasteiger partial charge in [-0.2, -0.15) is 0 Å². The molecular weight excluding hydrogens is 386 g/mol. The topological polar surface area (TPSA) is 85.8 Å². The Balaban J connectivity index is 1.29. The second kappa shape index (κ2) is 8.64. The molecule has 7 heteroatoms. The first-order chi connectivity index (χ1) is 14.1. The van der Waals surface area contributed by atoms with Crippen molar-refractivity contribution in [3.8, 4) is 11.8 Å². The minimum absolute atomic E-state index is 0.438. The van der Waals surface area contributed by atoms with Crippen molar-refractivity contribution in [2.75, 3.05) is 13.1 Å². The van der Waals surface area contributed by atoms with E-state index in [-0.39, 0.29) is 0 Å². The van der Waals surface area contributed by atoms with Crippen molar-refractivity contribution in [2.45, 2.75) is 25.3 Å². The molecule has 1 aromatic carbocycles. The lowest BCUT2D eigenvalue weighted by Gasteiger charge is -2.14. The van der Waals surface area contributed by atoms with Crippen LogP contribution in [-0.4, -0.2) is 33.5 Å². The van der Waals surface area contributed by atoms with Crippen LogP contribution in [0.15, 0.2) is 42.9 Å². The summed E-state index contributed by atoms with van der Waals surface area (Å²) in [7, 11) is 0. The first-order valence-electron chi connectivity index (χ1n) is 9.68. The molecule has 0 saturated heterocycles. The summed E-state index contributed by atoms with van der Waals surface area (Å²) in [5.74, 6) is 6.35. The van der Waals surface area contributed by atoms with E-state index in [4.69, 9.17) is 17.3 Å². The Labute approximate surface area is 174 Å². The van der Waals surface area contributed by atoms with E-state index in [1.54, 1.807) is 18.2 Å². The molecule has 0 spiro atoms. The lowest BCUT2D eigenvalue weighted by molar-refractivity contribution is 0.1000. The smallest absolute Gasteiger partial charge is 0.248 e. The molecule has 148 valence electrons. The molecule has 6 nitrogen and oxygen atoms in total. The zero-order valence-electron chi connectivity index (χ0n) is 15.9. The van der Waals surface area contributed by atoms with Crippen molar-refractivity contribution in [3.63, 3.8) is 0 Å². The van der Waals surface area contributed by atoms with Gasteiger partial charge in [0, 0.05) is 23.4 Å². The Hall–Kier alpha value is -2.88. The third kappa shape index (κ3) is 4.42. The number of rotatable bonds is 5. The predicted molar refractivity (Wildman–Crippen MR) is 114 cm³/mol. The molecule has 2 unspecified atom stereocenters. The van der Waals surface area contributed by atoms with Gasteiger partial charge < -0.3 is 15.6 Å². The number of carbonyl (C=O) groups is 1. The van der Waals surface area contributed by atoms with Gasteiger partial charge in [-0.1, -0.05) is 29.5 Å². The third-order valence-corrected chi connectivity index (χ3v) is 5.69. The number of nitrogens with zero attached hydrogens (tertiary/aromatic N) is 3. The molecule has 1 saturated carbocycles. The maximum absolute atomic E-state index is 11.2. The van der Waals surface area contributed by atoms with Crippen LogP contribution in [-0.2, 0) is 0 Å². The number of primary amides is 1.